The zero-order chi connectivity index (χ0) is 12.3. The van der Waals surface area contributed by atoms with E-state index in [1.54, 1.807) is 0 Å². The Morgan fingerprint density at radius 2 is 2.00 bits per heavy atom. The van der Waals surface area contributed by atoms with Crippen LogP contribution in [0, 0.1) is 5.92 Å². The smallest absolute Gasteiger partial charge is 0.407 e. The molecule has 0 unspecified atom stereocenters. The van der Waals surface area contributed by atoms with E-state index < -0.39 is 5.60 Å². The quantitative estimate of drug-likeness (QED) is 0.723. The molecule has 94 valence electrons. The Morgan fingerprint density at radius 1 is 1.38 bits per heavy atom. The average molecular weight is 229 g/mol. The molecule has 0 heterocycles. The molecule has 2 N–H and O–H groups in total. The second-order valence-electron chi connectivity index (χ2n) is 5.70. The minimum Gasteiger partial charge on any atom is -0.444 e. The first-order valence-corrected chi connectivity index (χ1v) is 5.95. The van der Waals surface area contributed by atoms with Crippen LogP contribution in [0.5, 0.6) is 0 Å². The normalized spacial score (nSPS) is 30.9. The van der Waals surface area contributed by atoms with Crippen molar-refractivity contribution in [3.8, 4) is 0 Å². The van der Waals surface area contributed by atoms with Gasteiger partial charge in [0.15, 0.2) is 0 Å². The fraction of sp³-hybridized carbons (Fsp3) is 0.917. The molecule has 0 aliphatic heterocycles. The van der Waals surface area contributed by atoms with Gasteiger partial charge in [0.05, 0.1) is 6.10 Å². The summed E-state index contributed by atoms with van der Waals surface area (Å²) in [6.07, 6.45) is 1.78. The second-order valence-corrected chi connectivity index (χ2v) is 5.70. The number of ether oxygens (including phenoxy) is 1. The van der Waals surface area contributed by atoms with E-state index in [1.165, 1.54) is 0 Å². The number of aliphatic hydroxyl groups excluding tert-OH is 1. The Morgan fingerprint density at radius 3 is 2.50 bits per heavy atom. The van der Waals surface area contributed by atoms with Crippen LogP contribution >= 0.6 is 0 Å². The zero-order valence-electron chi connectivity index (χ0n) is 10.6. The highest BCUT2D eigenvalue weighted by Crippen LogP contribution is 2.24. The molecule has 0 bridgehead atoms. The van der Waals surface area contributed by atoms with E-state index in [1.807, 2.05) is 27.7 Å². The van der Waals surface area contributed by atoms with Gasteiger partial charge >= 0.3 is 6.09 Å². The summed E-state index contributed by atoms with van der Waals surface area (Å²) in [6, 6.07) is 0.0426. The summed E-state index contributed by atoms with van der Waals surface area (Å²) < 4.78 is 5.17. The number of amides is 1. The van der Waals surface area contributed by atoms with Gasteiger partial charge in [-0.05, 0) is 46.0 Å². The second kappa shape index (κ2) is 5.04. The predicted octanol–water partition coefficient (Wildman–Crippen LogP) is 2.06. The molecule has 1 rings (SSSR count). The lowest BCUT2D eigenvalue weighted by atomic mass is 9.85. The Balaban J connectivity index is 2.35. The van der Waals surface area contributed by atoms with Crippen LogP contribution in [-0.4, -0.2) is 28.9 Å². The van der Waals surface area contributed by atoms with Gasteiger partial charge in [-0.25, -0.2) is 4.79 Å². The maximum Gasteiger partial charge on any atom is 0.407 e. The van der Waals surface area contributed by atoms with Crippen molar-refractivity contribution in [2.75, 3.05) is 0 Å². The lowest BCUT2D eigenvalue weighted by Crippen LogP contribution is -2.44. The number of carbonyl (C=O) groups is 1. The van der Waals surface area contributed by atoms with Crippen LogP contribution in [0.2, 0.25) is 0 Å². The van der Waals surface area contributed by atoms with E-state index in [4.69, 9.17) is 4.74 Å². The van der Waals surface area contributed by atoms with Crippen LogP contribution in [0.4, 0.5) is 4.79 Å². The molecule has 1 saturated carbocycles. The van der Waals surface area contributed by atoms with Crippen molar-refractivity contribution in [2.24, 2.45) is 5.92 Å². The highest BCUT2D eigenvalue weighted by Gasteiger charge is 2.28. The summed E-state index contributed by atoms with van der Waals surface area (Å²) >= 11 is 0. The molecule has 16 heavy (non-hydrogen) atoms. The lowest BCUT2D eigenvalue weighted by Gasteiger charge is -2.32. The van der Waals surface area contributed by atoms with Crippen molar-refractivity contribution in [2.45, 2.75) is 64.7 Å². The van der Waals surface area contributed by atoms with E-state index >= 15 is 0 Å². The first-order valence-electron chi connectivity index (χ1n) is 5.95. The molecule has 0 aromatic heterocycles. The molecular formula is C12H23NO3. The summed E-state index contributed by atoms with van der Waals surface area (Å²) in [7, 11) is 0. The molecule has 4 heteroatoms. The van der Waals surface area contributed by atoms with E-state index in [-0.39, 0.29) is 18.2 Å². The third-order valence-electron chi connectivity index (χ3n) is 2.87. The van der Waals surface area contributed by atoms with Gasteiger partial charge in [0, 0.05) is 6.04 Å². The lowest BCUT2D eigenvalue weighted by molar-refractivity contribution is 0.0370. The van der Waals surface area contributed by atoms with Crippen molar-refractivity contribution in [1.82, 2.24) is 5.32 Å². The van der Waals surface area contributed by atoms with Crippen LogP contribution in [0.15, 0.2) is 0 Å². The molecule has 0 aromatic carbocycles. The fourth-order valence-corrected chi connectivity index (χ4v) is 1.90. The molecule has 0 radical (unpaired) electrons. The van der Waals surface area contributed by atoms with E-state index in [2.05, 4.69) is 5.32 Å². The predicted molar refractivity (Wildman–Crippen MR) is 62.2 cm³/mol. The third kappa shape index (κ3) is 4.39. The molecule has 1 amide bonds. The summed E-state index contributed by atoms with van der Waals surface area (Å²) in [6.45, 7) is 7.55. The molecule has 3 atom stereocenters. The molecule has 0 saturated heterocycles. The largest absolute Gasteiger partial charge is 0.444 e. The standard InChI is InChI=1S/C12H23NO3/c1-8-5-6-9(7-10(8)14)13-11(15)16-12(2,3)4/h8-10,14H,5-7H2,1-4H3,(H,13,15)/t8-,9+,10+/m0/s1. The minimum absolute atomic E-state index is 0.0426. The molecule has 0 aromatic rings. The molecular weight excluding hydrogens is 206 g/mol. The van der Waals surface area contributed by atoms with Gasteiger partial charge in [-0.3, -0.25) is 0 Å². The summed E-state index contributed by atoms with van der Waals surface area (Å²) in [4.78, 5) is 11.5. The average Bonchev–Trinajstić information content (AvgIpc) is 2.08. The first kappa shape index (κ1) is 13.3. The van der Waals surface area contributed by atoms with Crippen molar-refractivity contribution >= 4 is 6.09 Å². The Labute approximate surface area is 97.4 Å². The molecule has 1 fully saturated rings. The van der Waals surface area contributed by atoms with Crippen LogP contribution in [0.25, 0.3) is 0 Å². The molecule has 4 nitrogen and oxygen atoms in total. The van der Waals surface area contributed by atoms with E-state index in [0.29, 0.717) is 12.3 Å². The monoisotopic (exact) mass is 229 g/mol. The number of hydrogen-bond donors (Lipinski definition) is 2. The van der Waals surface area contributed by atoms with Gasteiger partial charge in [0.1, 0.15) is 5.60 Å². The summed E-state index contributed by atoms with van der Waals surface area (Å²) in [5, 5.41) is 12.5. The number of carbonyl (C=O) groups excluding carboxylic acids is 1. The van der Waals surface area contributed by atoms with Gasteiger partial charge < -0.3 is 15.2 Å². The van der Waals surface area contributed by atoms with Gasteiger partial charge in [-0.2, -0.15) is 0 Å². The number of alkyl carbamates (subject to hydrolysis) is 1. The van der Waals surface area contributed by atoms with Crippen molar-refractivity contribution in [1.29, 1.82) is 0 Å². The first-order chi connectivity index (χ1) is 7.28. The van der Waals surface area contributed by atoms with Crippen molar-refractivity contribution in [3.63, 3.8) is 0 Å². The SMILES string of the molecule is C[C@H]1CC[C@@H](NC(=O)OC(C)(C)C)C[C@H]1O. The number of rotatable bonds is 1. The summed E-state index contributed by atoms with van der Waals surface area (Å²) in [5.74, 6) is 0.330. The van der Waals surface area contributed by atoms with Gasteiger partial charge in [0.2, 0.25) is 0 Å². The van der Waals surface area contributed by atoms with E-state index in [9.17, 15) is 9.90 Å². The molecule has 1 aliphatic rings. The van der Waals surface area contributed by atoms with E-state index in [0.717, 1.165) is 12.8 Å². The highest BCUT2D eigenvalue weighted by atomic mass is 16.6. The van der Waals surface area contributed by atoms with Gasteiger partial charge in [-0.15, -0.1) is 0 Å². The van der Waals surface area contributed by atoms with Gasteiger partial charge in [0.25, 0.3) is 0 Å². The van der Waals surface area contributed by atoms with Crippen LogP contribution in [0.1, 0.15) is 47.0 Å². The van der Waals surface area contributed by atoms with Gasteiger partial charge in [-0.1, -0.05) is 6.92 Å². The van der Waals surface area contributed by atoms with Crippen LogP contribution in [0.3, 0.4) is 0 Å². The van der Waals surface area contributed by atoms with Crippen molar-refractivity contribution in [3.05, 3.63) is 0 Å². The number of aliphatic hydroxyl groups is 1. The zero-order valence-corrected chi connectivity index (χ0v) is 10.6. The number of nitrogens with one attached hydrogen (secondary N) is 1. The fourth-order valence-electron chi connectivity index (χ4n) is 1.90. The Hall–Kier alpha value is -0.770. The van der Waals surface area contributed by atoms with Crippen molar-refractivity contribution < 1.29 is 14.6 Å². The van der Waals surface area contributed by atoms with Crippen LogP contribution < -0.4 is 5.32 Å². The highest BCUT2D eigenvalue weighted by molar-refractivity contribution is 5.68. The Bertz CT molecular complexity index is 247. The Kier molecular flexibility index (Phi) is 4.19. The maximum absolute atomic E-state index is 11.5. The topological polar surface area (TPSA) is 58.6 Å². The third-order valence-corrected chi connectivity index (χ3v) is 2.87. The maximum atomic E-state index is 11.5. The number of hydrogen-bond acceptors (Lipinski definition) is 3. The molecule has 1 aliphatic carbocycles. The van der Waals surface area contributed by atoms with Crippen LogP contribution in [-0.2, 0) is 4.74 Å². The minimum atomic E-state index is -0.468. The summed E-state index contributed by atoms with van der Waals surface area (Å²) in [5.41, 5.74) is -0.468. The molecule has 0 spiro atoms.